The molecule has 3 nitrogen and oxygen atoms in total. The van der Waals surface area contributed by atoms with Crippen molar-refractivity contribution in [2.24, 2.45) is 5.73 Å². The summed E-state index contributed by atoms with van der Waals surface area (Å²) in [6.45, 7) is 4.76. The van der Waals surface area contributed by atoms with Crippen LogP contribution in [0, 0.1) is 0 Å². The molecular weight excluding hydrogens is 214 g/mol. The molecule has 2 rings (SSSR count). The summed E-state index contributed by atoms with van der Waals surface area (Å²) in [6.07, 6.45) is 3.18. The van der Waals surface area contributed by atoms with Gasteiger partial charge in [0.2, 0.25) is 0 Å². The summed E-state index contributed by atoms with van der Waals surface area (Å²) in [6, 6.07) is 7.70. The fraction of sp³-hybridized carbons (Fsp3) is 0.429. The van der Waals surface area contributed by atoms with Gasteiger partial charge in [0.05, 0.1) is 18.8 Å². The Hall–Kier alpha value is -1.48. The normalized spacial score (nSPS) is 16.6. The van der Waals surface area contributed by atoms with Gasteiger partial charge in [-0.05, 0) is 37.6 Å². The Kier molecular flexibility index (Phi) is 3.69. The molecule has 0 aromatic heterocycles. The maximum Gasteiger partial charge on any atom is 0.120 e. The molecule has 1 aliphatic rings. The van der Waals surface area contributed by atoms with Crippen molar-refractivity contribution in [3.05, 3.63) is 41.7 Å². The van der Waals surface area contributed by atoms with E-state index in [4.69, 9.17) is 15.2 Å². The van der Waals surface area contributed by atoms with E-state index in [2.05, 4.69) is 6.08 Å². The summed E-state index contributed by atoms with van der Waals surface area (Å²) in [7, 11) is 0. The van der Waals surface area contributed by atoms with Gasteiger partial charge in [0.25, 0.3) is 0 Å². The van der Waals surface area contributed by atoms with E-state index in [9.17, 15) is 0 Å². The van der Waals surface area contributed by atoms with Crippen LogP contribution < -0.4 is 10.5 Å². The Labute approximate surface area is 102 Å². The summed E-state index contributed by atoms with van der Waals surface area (Å²) in [5.41, 5.74) is 7.18. The molecule has 0 radical (unpaired) electrons. The number of nitrogens with two attached hydrogens (primary N) is 1. The van der Waals surface area contributed by atoms with Crippen molar-refractivity contribution < 1.29 is 9.47 Å². The van der Waals surface area contributed by atoms with Crippen molar-refractivity contribution in [2.45, 2.75) is 32.4 Å². The van der Waals surface area contributed by atoms with E-state index in [1.54, 1.807) is 0 Å². The van der Waals surface area contributed by atoms with Gasteiger partial charge in [0.15, 0.2) is 0 Å². The average Bonchev–Trinajstić information content (AvgIpc) is 2.81. The number of hydrogen-bond donors (Lipinski definition) is 1. The van der Waals surface area contributed by atoms with Crippen LogP contribution in [0.15, 0.2) is 36.1 Å². The molecule has 0 fully saturated rings. The number of ether oxygens (including phenoxy) is 2. The first kappa shape index (κ1) is 12.0. The van der Waals surface area contributed by atoms with Crippen LogP contribution in [0.25, 0.3) is 0 Å². The van der Waals surface area contributed by atoms with Gasteiger partial charge in [0.1, 0.15) is 11.5 Å². The highest BCUT2D eigenvalue weighted by atomic mass is 16.5. The van der Waals surface area contributed by atoms with Gasteiger partial charge in [-0.15, -0.1) is 0 Å². The van der Waals surface area contributed by atoms with Gasteiger partial charge in [-0.2, -0.15) is 0 Å². The largest absolute Gasteiger partial charge is 0.496 e. The van der Waals surface area contributed by atoms with Crippen molar-refractivity contribution in [1.82, 2.24) is 0 Å². The lowest BCUT2D eigenvalue weighted by atomic mass is 10.1. The third-order valence-corrected chi connectivity index (χ3v) is 2.63. The molecule has 0 saturated carbocycles. The predicted molar refractivity (Wildman–Crippen MR) is 67.8 cm³/mol. The predicted octanol–water partition coefficient (Wildman–Crippen LogP) is 2.78. The second-order valence-electron chi connectivity index (χ2n) is 4.46. The first-order chi connectivity index (χ1) is 8.16. The maximum absolute atomic E-state index is 6.15. The highest BCUT2D eigenvalue weighted by Crippen LogP contribution is 2.26. The minimum atomic E-state index is -0.187. The Bertz CT molecular complexity index is 412. The molecule has 0 amide bonds. The lowest BCUT2D eigenvalue weighted by Gasteiger charge is -2.16. The molecule has 0 saturated heterocycles. The lowest BCUT2D eigenvalue weighted by molar-refractivity contribution is 0.224. The SMILES string of the molecule is CC(C)Oc1cccc(C(N)C2=CCCO2)c1. The standard InChI is InChI=1S/C14H19NO2/c1-10(2)17-12-6-3-5-11(9-12)14(15)13-7-4-8-16-13/h3,5-7,9-10,14H,4,8,15H2,1-2H3. The van der Waals surface area contributed by atoms with E-state index in [0.29, 0.717) is 0 Å². The van der Waals surface area contributed by atoms with Crippen LogP contribution >= 0.6 is 0 Å². The van der Waals surface area contributed by atoms with Crippen LogP contribution in [-0.2, 0) is 4.74 Å². The van der Waals surface area contributed by atoms with Crippen LogP contribution in [0.5, 0.6) is 5.75 Å². The molecule has 1 heterocycles. The van der Waals surface area contributed by atoms with E-state index in [1.807, 2.05) is 38.1 Å². The fourth-order valence-electron chi connectivity index (χ4n) is 1.87. The summed E-state index contributed by atoms with van der Waals surface area (Å²) in [5, 5.41) is 0. The lowest BCUT2D eigenvalue weighted by Crippen LogP contribution is -2.14. The molecule has 3 heteroatoms. The van der Waals surface area contributed by atoms with E-state index < -0.39 is 0 Å². The molecule has 1 unspecified atom stereocenters. The van der Waals surface area contributed by atoms with Crippen LogP contribution in [0.2, 0.25) is 0 Å². The van der Waals surface area contributed by atoms with E-state index in [1.165, 1.54) is 0 Å². The zero-order valence-electron chi connectivity index (χ0n) is 10.3. The Morgan fingerprint density at radius 1 is 1.35 bits per heavy atom. The van der Waals surface area contributed by atoms with Crippen LogP contribution in [-0.4, -0.2) is 12.7 Å². The van der Waals surface area contributed by atoms with Gasteiger partial charge < -0.3 is 15.2 Å². The topological polar surface area (TPSA) is 44.5 Å². The molecule has 17 heavy (non-hydrogen) atoms. The zero-order chi connectivity index (χ0) is 12.3. The Balaban J connectivity index is 2.14. The van der Waals surface area contributed by atoms with Crippen molar-refractivity contribution in [1.29, 1.82) is 0 Å². The van der Waals surface area contributed by atoms with Gasteiger partial charge in [-0.25, -0.2) is 0 Å². The quantitative estimate of drug-likeness (QED) is 0.869. The smallest absolute Gasteiger partial charge is 0.120 e. The third kappa shape index (κ3) is 3.01. The second kappa shape index (κ2) is 5.23. The molecule has 0 spiro atoms. The Morgan fingerprint density at radius 2 is 2.18 bits per heavy atom. The third-order valence-electron chi connectivity index (χ3n) is 2.63. The second-order valence-corrected chi connectivity index (χ2v) is 4.46. The Morgan fingerprint density at radius 3 is 2.82 bits per heavy atom. The minimum Gasteiger partial charge on any atom is -0.496 e. The number of rotatable bonds is 4. The first-order valence-corrected chi connectivity index (χ1v) is 6.02. The summed E-state index contributed by atoms with van der Waals surface area (Å²) in [5.74, 6) is 1.72. The zero-order valence-corrected chi connectivity index (χ0v) is 10.3. The van der Waals surface area contributed by atoms with Gasteiger partial charge in [0, 0.05) is 6.42 Å². The molecule has 2 N–H and O–H groups in total. The van der Waals surface area contributed by atoms with Crippen LogP contribution in [0.4, 0.5) is 0 Å². The van der Waals surface area contributed by atoms with Crippen molar-refractivity contribution in [2.75, 3.05) is 6.61 Å². The molecule has 1 atom stereocenters. The summed E-state index contributed by atoms with van der Waals surface area (Å²) < 4.78 is 11.1. The van der Waals surface area contributed by atoms with E-state index >= 15 is 0 Å². The van der Waals surface area contributed by atoms with E-state index in [0.717, 1.165) is 30.1 Å². The van der Waals surface area contributed by atoms with E-state index in [-0.39, 0.29) is 12.1 Å². The molecule has 0 aliphatic carbocycles. The van der Waals surface area contributed by atoms with Crippen molar-refractivity contribution >= 4 is 0 Å². The van der Waals surface area contributed by atoms with Crippen molar-refractivity contribution in [3.8, 4) is 5.75 Å². The molecular formula is C14H19NO2. The maximum atomic E-state index is 6.15. The summed E-state index contributed by atoms with van der Waals surface area (Å²) in [4.78, 5) is 0. The average molecular weight is 233 g/mol. The highest BCUT2D eigenvalue weighted by Gasteiger charge is 2.17. The molecule has 1 aromatic carbocycles. The number of hydrogen-bond acceptors (Lipinski definition) is 3. The van der Waals surface area contributed by atoms with Crippen molar-refractivity contribution in [3.63, 3.8) is 0 Å². The van der Waals surface area contributed by atoms with Gasteiger partial charge >= 0.3 is 0 Å². The fourth-order valence-corrected chi connectivity index (χ4v) is 1.87. The van der Waals surface area contributed by atoms with Crippen LogP contribution in [0.3, 0.4) is 0 Å². The molecule has 92 valence electrons. The van der Waals surface area contributed by atoms with Gasteiger partial charge in [-0.3, -0.25) is 0 Å². The molecule has 1 aromatic rings. The number of benzene rings is 1. The highest BCUT2D eigenvalue weighted by molar-refractivity contribution is 5.34. The monoisotopic (exact) mass is 233 g/mol. The first-order valence-electron chi connectivity index (χ1n) is 6.02. The summed E-state index contributed by atoms with van der Waals surface area (Å²) >= 11 is 0. The molecule has 0 bridgehead atoms. The molecule has 1 aliphatic heterocycles. The van der Waals surface area contributed by atoms with Gasteiger partial charge in [-0.1, -0.05) is 12.1 Å². The van der Waals surface area contributed by atoms with Crippen LogP contribution in [0.1, 0.15) is 31.9 Å². The minimum absolute atomic E-state index is 0.170.